The Morgan fingerprint density at radius 1 is 1.58 bits per heavy atom. The predicted molar refractivity (Wildman–Crippen MR) is 70.2 cm³/mol. The third kappa shape index (κ3) is 4.07. The number of sulfonamides is 1. The van der Waals surface area contributed by atoms with Crippen molar-refractivity contribution >= 4 is 15.9 Å². The van der Waals surface area contributed by atoms with Gasteiger partial charge in [-0.25, -0.2) is 13.1 Å². The van der Waals surface area contributed by atoms with E-state index in [9.17, 15) is 13.2 Å². The number of rotatable bonds is 4. The Balaban J connectivity index is 1.92. The second kappa shape index (κ2) is 5.75. The van der Waals surface area contributed by atoms with Crippen LogP contribution in [0.15, 0.2) is 22.8 Å². The summed E-state index contributed by atoms with van der Waals surface area (Å²) in [6.07, 6.45) is 4.41. The Labute approximate surface area is 112 Å². The van der Waals surface area contributed by atoms with Gasteiger partial charge in [-0.1, -0.05) is 0 Å². The number of amides is 1. The lowest BCUT2D eigenvalue weighted by Crippen LogP contribution is -2.43. The summed E-state index contributed by atoms with van der Waals surface area (Å²) in [5.41, 5.74) is 0. The van der Waals surface area contributed by atoms with Crippen molar-refractivity contribution in [3.05, 3.63) is 24.2 Å². The second-order valence-corrected chi connectivity index (χ2v) is 6.69. The molecule has 6 nitrogen and oxygen atoms in total. The van der Waals surface area contributed by atoms with E-state index in [-0.39, 0.29) is 11.8 Å². The first-order valence-electron chi connectivity index (χ1n) is 6.23. The van der Waals surface area contributed by atoms with Crippen LogP contribution < -0.4 is 4.72 Å². The molecule has 1 atom stereocenters. The van der Waals surface area contributed by atoms with Crippen molar-refractivity contribution in [1.82, 2.24) is 9.62 Å². The summed E-state index contributed by atoms with van der Waals surface area (Å²) < 4.78 is 29.7. The first-order chi connectivity index (χ1) is 8.96. The van der Waals surface area contributed by atoms with Crippen LogP contribution in [0.25, 0.3) is 0 Å². The number of hydrogen-bond acceptors (Lipinski definition) is 4. The van der Waals surface area contributed by atoms with Gasteiger partial charge in [0, 0.05) is 19.6 Å². The van der Waals surface area contributed by atoms with E-state index in [4.69, 9.17) is 4.42 Å². The molecule has 0 unspecified atom stereocenters. The van der Waals surface area contributed by atoms with Crippen molar-refractivity contribution in [3.63, 3.8) is 0 Å². The molecule has 0 aliphatic carbocycles. The zero-order valence-electron chi connectivity index (χ0n) is 10.8. The SMILES string of the molecule is CS(=O)(=O)NC[C@H]1CCCN(C(=O)c2ccco2)C1. The van der Waals surface area contributed by atoms with Crippen LogP contribution >= 0.6 is 0 Å². The maximum atomic E-state index is 12.1. The predicted octanol–water partition coefficient (Wildman–Crippen LogP) is 0.681. The van der Waals surface area contributed by atoms with Gasteiger partial charge in [-0.3, -0.25) is 4.79 Å². The van der Waals surface area contributed by atoms with E-state index in [0.29, 0.717) is 25.4 Å². The van der Waals surface area contributed by atoms with E-state index in [1.54, 1.807) is 17.0 Å². The summed E-state index contributed by atoms with van der Waals surface area (Å²) in [6.45, 7) is 1.62. The molecule has 0 bridgehead atoms. The number of likely N-dealkylation sites (tertiary alicyclic amines) is 1. The van der Waals surface area contributed by atoms with E-state index in [0.717, 1.165) is 19.1 Å². The molecule has 2 heterocycles. The molecular formula is C12H18N2O4S. The third-order valence-corrected chi connectivity index (χ3v) is 3.86. The third-order valence-electron chi connectivity index (χ3n) is 3.17. The number of carbonyl (C=O) groups excluding carboxylic acids is 1. The lowest BCUT2D eigenvalue weighted by atomic mass is 9.98. The minimum absolute atomic E-state index is 0.131. The smallest absolute Gasteiger partial charge is 0.289 e. The molecule has 0 saturated carbocycles. The van der Waals surface area contributed by atoms with Crippen molar-refractivity contribution in [2.45, 2.75) is 12.8 Å². The summed E-state index contributed by atoms with van der Waals surface area (Å²) in [4.78, 5) is 13.8. The van der Waals surface area contributed by atoms with Gasteiger partial charge in [-0.15, -0.1) is 0 Å². The molecule has 0 radical (unpaired) electrons. The molecule has 1 N–H and O–H groups in total. The fourth-order valence-electron chi connectivity index (χ4n) is 2.24. The topological polar surface area (TPSA) is 79.6 Å². The monoisotopic (exact) mass is 286 g/mol. The summed E-state index contributed by atoms with van der Waals surface area (Å²) in [5.74, 6) is 0.355. The molecule has 7 heteroatoms. The Bertz CT molecular complexity index is 524. The molecule has 1 amide bonds. The molecule has 1 aliphatic heterocycles. The molecule has 1 aromatic heterocycles. The van der Waals surface area contributed by atoms with Crippen LogP contribution in [0.2, 0.25) is 0 Å². The number of nitrogens with zero attached hydrogens (tertiary/aromatic N) is 1. The van der Waals surface area contributed by atoms with Gasteiger partial charge in [-0.05, 0) is 30.9 Å². The molecule has 1 fully saturated rings. The second-order valence-electron chi connectivity index (χ2n) is 4.86. The van der Waals surface area contributed by atoms with Gasteiger partial charge >= 0.3 is 0 Å². The van der Waals surface area contributed by atoms with E-state index >= 15 is 0 Å². The van der Waals surface area contributed by atoms with Crippen LogP contribution in [-0.2, 0) is 10.0 Å². The first kappa shape index (κ1) is 14.1. The molecule has 1 aromatic rings. The van der Waals surface area contributed by atoms with Gasteiger partial charge in [0.15, 0.2) is 5.76 Å². The Hall–Kier alpha value is -1.34. The molecule has 0 aromatic carbocycles. The minimum atomic E-state index is -3.18. The molecule has 106 valence electrons. The lowest BCUT2D eigenvalue weighted by Gasteiger charge is -2.32. The number of nitrogens with one attached hydrogen (secondary N) is 1. The highest BCUT2D eigenvalue weighted by molar-refractivity contribution is 7.88. The zero-order chi connectivity index (χ0) is 13.9. The number of piperidine rings is 1. The maximum Gasteiger partial charge on any atom is 0.289 e. The fraction of sp³-hybridized carbons (Fsp3) is 0.583. The highest BCUT2D eigenvalue weighted by atomic mass is 32.2. The molecule has 1 saturated heterocycles. The average molecular weight is 286 g/mol. The minimum Gasteiger partial charge on any atom is -0.459 e. The average Bonchev–Trinajstić information content (AvgIpc) is 2.89. The van der Waals surface area contributed by atoms with Crippen LogP contribution in [0.3, 0.4) is 0 Å². The van der Waals surface area contributed by atoms with Gasteiger partial charge < -0.3 is 9.32 Å². The van der Waals surface area contributed by atoms with Gasteiger partial charge in [0.1, 0.15) is 0 Å². The summed E-state index contributed by atoms with van der Waals surface area (Å²) >= 11 is 0. The number of furan rings is 1. The summed E-state index contributed by atoms with van der Waals surface area (Å²) in [6, 6.07) is 3.32. The van der Waals surface area contributed by atoms with E-state index < -0.39 is 10.0 Å². The van der Waals surface area contributed by atoms with Crippen molar-refractivity contribution in [2.75, 3.05) is 25.9 Å². The first-order valence-corrected chi connectivity index (χ1v) is 8.12. The Kier molecular flexibility index (Phi) is 4.26. The van der Waals surface area contributed by atoms with E-state index in [1.807, 2.05) is 0 Å². The van der Waals surface area contributed by atoms with Crippen LogP contribution in [0.5, 0.6) is 0 Å². The molecule has 2 rings (SSSR count). The Morgan fingerprint density at radius 2 is 2.37 bits per heavy atom. The normalized spacial score (nSPS) is 20.5. The number of hydrogen-bond donors (Lipinski definition) is 1. The Morgan fingerprint density at radius 3 is 3.00 bits per heavy atom. The highest BCUT2D eigenvalue weighted by Gasteiger charge is 2.26. The molecule has 0 spiro atoms. The summed E-state index contributed by atoms with van der Waals surface area (Å²) in [7, 11) is -3.18. The van der Waals surface area contributed by atoms with Crippen molar-refractivity contribution in [1.29, 1.82) is 0 Å². The van der Waals surface area contributed by atoms with Crippen LogP contribution in [0.1, 0.15) is 23.4 Å². The van der Waals surface area contributed by atoms with Gasteiger partial charge in [-0.2, -0.15) is 0 Å². The van der Waals surface area contributed by atoms with Crippen LogP contribution in [-0.4, -0.2) is 45.1 Å². The van der Waals surface area contributed by atoms with Crippen molar-refractivity contribution in [2.24, 2.45) is 5.92 Å². The maximum absolute atomic E-state index is 12.1. The summed E-state index contributed by atoms with van der Waals surface area (Å²) in [5, 5.41) is 0. The fourth-order valence-corrected chi connectivity index (χ4v) is 2.78. The molecule has 19 heavy (non-hydrogen) atoms. The van der Waals surface area contributed by atoms with E-state index in [1.165, 1.54) is 6.26 Å². The number of carbonyl (C=O) groups is 1. The van der Waals surface area contributed by atoms with Crippen LogP contribution in [0, 0.1) is 5.92 Å². The van der Waals surface area contributed by atoms with Gasteiger partial charge in [0.05, 0.1) is 12.5 Å². The van der Waals surface area contributed by atoms with Crippen molar-refractivity contribution < 1.29 is 17.6 Å². The molecule has 1 aliphatic rings. The quantitative estimate of drug-likeness (QED) is 0.882. The standard InChI is InChI=1S/C12H18N2O4S/c1-19(16,17)13-8-10-4-2-6-14(9-10)12(15)11-5-3-7-18-11/h3,5,7,10,13H,2,4,6,8-9H2,1H3/t10-/m1/s1. The lowest BCUT2D eigenvalue weighted by molar-refractivity contribution is 0.0644. The van der Waals surface area contributed by atoms with Crippen LogP contribution in [0.4, 0.5) is 0 Å². The zero-order valence-corrected chi connectivity index (χ0v) is 11.6. The van der Waals surface area contributed by atoms with Crippen molar-refractivity contribution in [3.8, 4) is 0 Å². The van der Waals surface area contributed by atoms with Gasteiger partial charge in [0.25, 0.3) is 5.91 Å². The molecular weight excluding hydrogens is 268 g/mol. The largest absolute Gasteiger partial charge is 0.459 e. The van der Waals surface area contributed by atoms with E-state index in [2.05, 4.69) is 4.72 Å². The van der Waals surface area contributed by atoms with Gasteiger partial charge in [0.2, 0.25) is 10.0 Å². The highest BCUT2D eigenvalue weighted by Crippen LogP contribution is 2.18.